The van der Waals surface area contributed by atoms with E-state index in [1.165, 1.54) is 0 Å². The van der Waals surface area contributed by atoms with Gasteiger partial charge in [-0.25, -0.2) is 8.78 Å². The quantitative estimate of drug-likeness (QED) is 0.618. The van der Waals surface area contributed by atoms with Crippen LogP contribution in [0.25, 0.3) is 0 Å². The highest BCUT2D eigenvalue weighted by Gasteiger charge is 2.21. The first-order valence-electron chi connectivity index (χ1n) is 3.70. The molecule has 0 radical (unpaired) electrons. The molecule has 1 nitrogen and oxygen atoms in total. The molecule has 66 valence electrons. The predicted octanol–water partition coefficient (Wildman–Crippen LogP) is 2.33. The first kappa shape index (κ1) is 10.6. The van der Waals surface area contributed by atoms with Crippen LogP contribution in [0.1, 0.15) is 26.2 Å². The van der Waals surface area contributed by atoms with Crippen LogP contribution in [-0.4, -0.2) is 12.0 Å². The lowest BCUT2D eigenvalue weighted by molar-refractivity contribution is 0.00933. The van der Waals surface area contributed by atoms with Gasteiger partial charge in [-0.15, -0.1) is 6.58 Å². The largest absolute Gasteiger partial charge is 0.327 e. The Bertz CT molecular complexity index is 118. The lowest BCUT2D eigenvalue weighted by atomic mass is 10.1. The summed E-state index contributed by atoms with van der Waals surface area (Å²) in [6, 6.07) is -0.168. The van der Waals surface area contributed by atoms with E-state index in [0.717, 1.165) is 6.92 Å². The van der Waals surface area contributed by atoms with E-state index in [1.807, 2.05) is 0 Å². The Morgan fingerprint density at radius 3 is 2.55 bits per heavy atom. The van der Waals surface area contributed by atoms with E-state index in [1.54, 1.807) is 6.08 Å². The third-order valence-electron chi connectivity index (χ3n) is 1.42. The summed E-state index contributed by atoms with van der Waals surface area (Å²) in [5.74, 6) is -2.58. The van der Waals surface area contributed by atoms with E-state index in [4.69, 9.17) is 5.73 Å². The smallest absolute Gasteiger partial charge is 0.245 e. The maximum absolute atomic E-state index is 12.2. The van der Waals surface area contributed by atoms with E-state index < -0.39 is 5.92 Å². The molecule has 1 unspecified atom stereocenters. The highest BCUT2D eigenvalue weighted by atomic mass is 19.3. The molecule has 0 bridgehead atoms. The molecule has 0 aromatic rings. The van der Waals surface area contributed by atoms with Crippen LogP contribution in [0, 0.1) is 0 Å². The third kappa shape index (κ3) is 7.46. The van der Waals surface area contributed by atoms with Gasteiger partial charge < -0.3 is 5.73 Å². The van der Waals surface area contributed by atoms with Gasteiger partial charge in [0.05, 0.1) is 0 Å². The lowest BCUT2D eigenvalue weighted by Gasteiger charge is -2.13. The Morgan fingerprint density at radius 2 is 2.18 bits per heavy atom. The van der Waals surface area contributed by atoms with Crippen molar-refractivity contribution in [3.63, 3.8) is 0 Å². The molecule has 1 atom stereocenters. The van der Waals surface area contributed by atoms with Crippen LogP contribution in [0.4, 0.5) is 8.78 Å². The molecular formula is C8H15F2N. The van der Waals surface area contributed by atoms with Crippen LogP contribution in [0.15, 0.2) is 12.7 Å². The van der Waals surface area contributed by atoms with Gasteiger partial charge >= 0.3 is 0 Å². The minimum atomic E-state index is -2.58. The van der Waals surface area contributed by atoms with Crippen molar-refractivity contribution in [3.8, 4) is 0 Å². The number of hydrogen-bond donors (Lipinski definition) is 1. The number of nitrogens with two attached hydrogens (primary N) is 1. The molecule has 0 saturated carbocycles. The number of rotatable bonds is 5. The molecule has 0 heterocycles. The van der Waals surface area contributed by atoms with Crippen molar-refractivity contribution in [1.29, 1.82) is 0 Å². The van der Waals surface area contributed by atoms with Crippen molar-refractivity contribution in [2.45, 2.75) is 38.2 Å². The molecule has 0 aromatic heterocycles. The standard InChI is InChI=1S/C8H15F2N/c1-3-4-7(11)5-6-8(2,9)10/h3,7H,1,4-6,11H2,2H3. The molecule has 0 fully saturated rings. The minimum Gasteiger partial charge on any atom is -0.327 e. The van der Waals surface area contributed by atoms with Gasteiger partial charge in [0.1, 0.15) is 0 Å². The summed E-state index contributed by atoms with van der Waals surface area (Å²) in [6.07, 6.45) is 2.48. The summed E-state index contributed by atoms with van der Waals surface area (Å²) >= 11 is 0. The van der Waals surface area contributed by atoms with Gasteiger partial charge in [-0.05, 0) is 19.8 Å². The van der Waals surface area contributed by atoms with Crippen LogP contribution in [-0.2, 0) is 0 Å². The zero-order chi connectivity index (χ0) is 8.91. The van der Waals surface area contributed by atoms with E-state index in [9.17, 15) is 8.78 Å². The van der Waals surface area contributed by atoms with Gasteiger partial charge in [-0.1, -0.05) is 6.08 Å². The van der Waals surface area contributed by atoms with Gasteiger partial charge in [0.25, 0.3) is 0 Å². The van der Waals surface area contributed by atoms with Crippen molar-refractivity contribution in [2.75, 3.05) is 0 Å². The molecule has 0 aliphatic rings. The minimum absolute atomic E-state index is 0.137. The molecule has 0 aliphatic heterocycles. The number of halogens is 2. The lowest BCUT2D eigenvalue weighted by Crippen LogP contribution is -2.22. The van der Waals surface area contributed by atoms with Crippen molar-refractivity contribution in [2.24, 2.45) is 5.73 Å². The molecule has 0 aromatic carbocycles. The second-order valence-corrected chi connectivity index (χ2v) is 2.89. The number of alkyl halides is 2. The van der Waals surface area contributed by atoms with Gasteiger partial charge in [0.2, 0.25) is 5.92 Å². The van der Waals surface area contributed by atoms with Gasteiger partial charge in [0, 0.05) is 12.5 Å². The van der Waals surface area contributed by atoms with E-state index in [0.29, 0.717) is 12.8 Å². The van der Waals surface area contributed by atoms with Crippen molar-refractivity contribution < 1.29 is 8.78 Å². The van der Waals surface area contributed by atoms with Gasteiger partial charge in [-0.2, -0.15) is 0 Å². The molecule has 0 spiro atoms. The molecule has 11 heavy (non-hydrogen) atoms. The second kappa shape index (κ2) is 4.44. The van der Waals surface area contributed by atoms with Crippen molar-refractivity contribution in [3.05, 3.63) is 12.7 Å². The number of hydrogen-bond acceptors (Lipinski definition) is 1. The first-order chi connectivity index (χ1) is 4.95. The van der Waals surface area contributed by atoms with Crippen molar-refractivity contribution in [1.82, 2.24) is 0 Å². The maximum Gasteiger partial charge on any atom is 0.245 e. The first-order valence-corrected chi connectivity index (χ1v) is 3.70. The fourth-order valence-electron chi connectivity index (χ4n) is 0.771. The maximum atomic E-state index is 12.2. The van der Waals surface area contributed by atoms with Crippen LogP contribution in [0.5, 0.6) is 0 Å². The van der Waals surface area contributed by atoms with Crippen LogP contribution < -0.4 is 5.73 Å². The Balaban J connectivity index is 3.45. The van der Waals surface area contributed by atoms with Gasteiger partial charge in [-0.3, -0.25) is 0 Å². The van der Waals surface area contributed by atoms with E-state index in [2.05, 4.69) is 6.58 Å². The zero-order valence-electron chi connectivity index (χ0n) is 6.82. The molecule has 2 N–H and O–H groups in total. The molecule has 0 rings (SSSR count). The topological polar surface area (TPSA) is 26.0 Å². The predicted molar refractivity (Wildman–Crippen MR) is 42.6 cm³/mol. The Kier molecular flexibility index (Phi) is 4.26. The van der Waals surface area contributed by atoms with Crippen LogP contribution >= 0.6 is 0 Å². The summed E-state index contributed by atoms with van der Waals surface area (Å²) in [7, 11) is 0. The van der Waals surface area contributed by atoms with E-state index >= 15 is 0 Å². The monoisotopic (exact) mass is 163 g/mol. The average molecular weight is 163 g/mol. The highest BCUT2D eigenvalue weighted by Crippen LogP contribution is 2.19. The summed E-state index contributed by atoms with van der Waals surface area (Å²) in [5.41, 5.74) is 5.49. The van der Waals surface area contributed by atoms with E-state index in [-0.39, 0.29) is 12.5 Å². The normalized spacial score (nSPS) is 14.5. The van der Waals surface area contributed by atoms with Crippen LogP contribution in [0.2, 0.25) is 0 Å². The Hall–Kier alpha value is -0.440. The Labute approximate surface area is 66.3 Å². The highest BCUT2D eigenvalue weighted by molar-refractivity contribution is 4.76. The molecular weight excluding hydrogens is 148 g/mol. The van der Waals surface area contributed by atoms with Crippen molar-refractivity contribution >= 4 is 0 Å². The fourth-order valence-corrected chi connectivity index (χ4v) is 0.771. The molecule has 0 aliphatic carbocycles. The molecule has 0 amide bonds. The Morgan fingerprint density at radius 1 is 1.64 bits per heavy atom. The molecule has 3 heteroatoms. The summed E-state index contributed by atoms with van der Waals surface area (Å²) < 4.78 is 24.5. The SMILES string of the molecule is C=CCC(N)CCC(C)(F)F. The third-order valence-corrected chi connectivity index (χ3v) is 1.42. The summed E-state index contributed by atoms with van der Waals surface area (Å²) in [4.78, 5) is 0. The van der Waals surface area contributed by atoms with Gasteiger partial charge in [0.15, 0.2) is 0 Å². The second-order valence-electron chi connectivity index (χ2n) is 2.89. The summed E-state index contributed by atoms with van der Waals surface area (Å²) in [6.45, 7) is 4.39. The van der Waals surface area contributed by atoms with Crippen LogP contribution in [0.3, 0.4) is 0 Å². The average Bonchev–Trinajstić information content (AvgIpc) is 1.83. The zero-order valence-corrected chi connectivity index (χ0v) is 6.82. The fraction of sp³-hybridized carbons (Fsp3) is 0.750. The molecule has 0 saturated heterocycles. The summed E-state index contributed by atoms with van der Waals surface area (Å²) in [5, 5.41) is 0.